The number of furan rings is 1. The lowest BCUT2D eigenvalue weighted by Gasteiger charge is -2.04. The zero-order valence-corrected chi connectivity index (χ0v) is 12.1. The van der Waals surface area contributed by atoms with Crippen molar-refractivity contribution in [2.75, 3.05) is 7.11 Å². The van der Waals surface area contributed by atoms with E-state index < -0.39 is 0 Å². The molecule has 3 heterocycles. The van der Waals surface area contributed by atoms with Gasteiger partial charge in [0.25, 0.3) is 0 Å². The number of rotatable bonds is 2. The minimum Gasteiger partial charge on any atom is -0.497 e. The largest absolute Gasteiger partial charge is 0.497 e. The molecule has 6 heteroatoms. The first kappa shape index (κ1) is 12.7. The summed E-state index contributed by atoms with van der Waals surface area (Å²) in [6.07, 6.45) is 3.22. The van der Waals surface area contributed by atoms with Crippen LogP contribution in [0.2, 0.25) is 0 Å². The molecular weight excluding hydrogens is 280 g/mol. The van der Waals surface area contributed by atoms with Crippen LogP contribution in [-0.4, -0.2) is 27.0 Å². The quantitative estimate of drug-likeness (QED) is 0.565. The molecule has 0 aliphatic heterocycles. The predicted molar refractivity (Wildman–Crippen MR) is 81.6 cm³/mol. The van der Waals surface area contributed by atoms with Gasteiger partial charge in [-0.15, -0.1) is 0 Å². The standard InChI is InChI=1S/C16H12N4O2/c1-9-14-12(13-16(22-14)18-7-6-17-13)20-15(19-9)10-4-3-5-11(8-10)21-2/h3-8H,1-2H3. The van der Waals surface area contributed by atoms with E-state index in [-0.39, 0.29) is 0 Å². The van der Waals surface area contributed by atoms with E-state index in [1.807, 2.05) is 31.2 Å². The van der Waals surface area contributed by atoms with Gasteiger partial charge in [0.2, 0.25) is 5.71 Å². The molecule has 0 saturated carbocycles. The van der Waals surface area contributed by atoms with E-state index >= 15 is 0 Å². The minimum absolute atomic E-state index is 0.470. The van der Waals surface area contributed by atoms with Crippen LogP contribution in [0.3, 0.4) is 0 Å². The van der Waals surface area contributed by atoms with Crippen molar-refractivity contribution in [3.63, 3.8) is 0 Å². The van der Waals surface area contributed by atoms with Crippen molar-refractivity contribution >= 4 is 22.3 Å². The second-order valence-corrected chi connectivity index (χ2v) is 4.85. The summed E-state index contributed by atoms with van der Waals surface area (Å²) >= 11 is 0. The summed E-state index contributed by atoms with van der Waals surface area (Å²) in [6, 6.07) is 7.63. The molecule has 4 rings (SSSR count). The highest BCUT2D eigenvalue weighted by molar-refractivity contribution is 5.99. The van der Waals surface area contributed by atoms with Gasteiger partial charge in [-0.25, -0.2) is 19.9 Å². The van der Waals surface area contributed by atoms with Crippen LogP contribution in [0.25, 0.3) is 33.7 Å². The second kappa shape index (κ2) is 4.77. The number of ether oxygens (including phenoxy) is 1. The van der Waals surface area contributed by atoms with Crippen molar-refractivity contribution in [3.8, 4) is 17.1 Å². The molecule has 1 aromatic carbocycles. The normalized spacial score (nSPS) is 11.2. The fourth-order valence-corrected chi connectivity index (χ4v) is 2.40. The highest BCUT2D eigenvalue weighted by atomic mass is 16.5. The molecule has 108 valence electrons. The van der Waals surface area contributed by atoms with E-state index in [0.29, 0.717) is 28.2 Å². The van der Waals surface area contributed by atoms with Gasteiger partial charge in [0.15, 0.2) is 16.9 Å². The highest BCUT2D eigenvalue weighted by Crippen LogP contribution is 2.29. The third-order valence-electron chi connectivity index (χ3n) is 3.45. The molecule has 6 nitrogen and oxygen atoms in total. The monoisotopic (exact) mass is 292 g/mol. The zero-order valence-electron chi connectivity index (χ0n) is 12.1. The van der Waals surface area contributed by atoms with Crippen LogP contribution in [0.1, 0.15) is 5.69 Å². The predicted octanol–water partition coefficient (Wildman–Crippen LogP) is 3.15. The number of hydrogen-bond donors (Lipinski definition) is 0. The Morgan fingerprint density at radius 1 is 1.05 bits per heavy atom. The van der Waals surface area contributed by atoms with Gasteiger partial charge in [0.05, 0.1) is 12.8 Å². The zero-order chi connectivity index (χ0) is 15.1. The number of aryl methyl sites for hydroxylation is 1. The van der Waals surface area contributed by atoms with Gasteiger partial charge < -0.3 is 9.15 Å². The fourth-order valence-electron chi connectivity index (χ4n) is 2.40. The topological polar surface area (TPSA) is 73.9 Å². The van der Waals surface area contributed by atoms with E-state index in [4.69, 9.17) is 9.15 Å². The molecule has 0 bridgehead atoms. The number of nitrogens with zero attached hydrogens (tertiary/aromatic N) is 4. The number of aromatic nitrogens is 4. The lowest BCUT2D eigenvalue weighted by molar-refractivity contribution is 0.415. The van der Waals surface area contributed by atoms with Crippen LogP contribution in [0.15, 0.2) is 41.1 Å². The Balaban J connectivity index is 2.00. The molecule has 0 radical (unpaired) electrons. The van der Waals surface area contributed by atoms with Crippen molar-refractivity contribution in [2.45, 2.75) is 6.92 Å². The van der Waals surface area contributed by atoms with Crippen LogP contribution in [0.5, 0.6) is 5.75 Å². The number of benzene rings is 1. The molecule has 0 fully saturated rings. The van der Waals surface area contributed by atoms with Crippen LogP contribution < -0.4 is 4.74 Å². The average molecular weight is 292 g/mol. The van der Waals surface area contributed by atoms with Gasteiger partial charge in [-0.2, -0.15) is 0 Å². The molecule has 0 saturated heterocycles. The smallest absolute Gasteiger partial charge is 0.248 e. The molecule has 3 aromatic heterocycles. The Bertz CT molecular complexity index is 994. The SMILES string of the molecule is COc1cccc(-c2nc(C)c3oc4nccnc4c3n2)c1. The van der Waals surface area contributed by atoms with Crippen LogP contribution in [0.4, 0.5) is 0 Å². The molecule has 0 atom stereocenters. The molecule has 0 aliphatic carbocycles. The van der Waals surface area contributed by atoms with E-state index in [9.17, 15) is 0 Å². The summed E-state index contributed by atoms with van der Waals surface area (Å²) in [6.45, 7) is 1.88. The molecular formula is C16H12N4O2. The van der Waals surface area contributed by atoms with Crippen molar-refractivity contribution in [2.24, 2.45) is 0 Å². The van der Waals surface area contributed by atoms with Crippen LogP contribution in [0, 0.1) is 6.92 Å². The first-order valence-electron chi connectivity index (χ1n) is 6.78. The summed E-state index contributed by atoms with van der Waals surface area (Å²) < 4.78 is 10.9. The summed E-state index contributed by atoms with van der Waals surface area (Å²) in [5.74, 6) is 1.37. The Hall–Kier alpha value is -3.02. The first-order chi connectivity index (χ1) is 10.8. The number of methoxy groups -OCH3 is 1. The maximum atomic E-state index is 5.70. The van der Waals surface area contributed by atoms with E-state index in [0.717, 1.165) is 17.0 Å². The second-order valence-electron chi connectivity index (χ2n) is 4.85. The van der Waals surface area contributed by atoms with Gasteiger partial charge >= 0.3 is 0 Å². The molecule has 0 N–H and O–H groups in total. The van der Waals surface area contributed by atoms with Gasteiger partial charge in [0.1, 0.15) is 11.3 Å². The van der Waals surface area contributed by atoms with E-state index in [2.05, 4.69) is 19.9 Å². The van der Waals surface area contributed by atoms with Crippen molar-refractivity contribution in [1.29, 1.82) is 0 Å². The summed E-state index contributed by atoms with van der Waals surface area (Å²) in [4.78, 5) is 17.6. The molecule has 22 heavy (non-hydrogen) atoms. The molecule has 0 aliphatic rings. The third-order valence-corrected chi connectivity index (χ3v) is 3.45. The third kappa shape index (κ3) is 1.88. The van der Waals surface area contributed by atoms with Gasteiger partial charge in [-0.05, 0) is 19.1 Å². The van der Waals surface area contributed by atoms with Gasteiger partial charge in [-0.1, -0.05) is 12.1 Å². The minimum atomic E-state index is 0.470. The number of fused-ring (bicyclic) bond motifs is 3. The van der Waals surface area contributed by atoms with Gasteiger partial charge in [-0.3, -0.25) is 0 Å². The molecule has 0 spiro atoms. The Labute approximate surface area is 125 Å². The van der Waals surface area contributed by atoms with Crippen molar-refractivity contribution in [3.05, 3.63) is 42.4 Å². The Morgan fingerprint density at radius 3 is 2.77 bits per heavy atom. The fraction of sp³-hybridized carbons (Fsp3) is 0.125. The maximum Gasteiger partial charge on any atom is 0.248 e. The molecule has 4 aromatic rings. The summed E-state index contributed by atoms with van der Waals surface area (Å²) in [7, 11) is 1.63. The van der Waals surface area contributed by atoms with E-state index in [1.54, 1.807) is 19.5 Å². The summed E-state index contributed by atoms with van der Waals surface area (Å²) in [5.41, 5.74) is 4.04. The lowest BCUT2D eigenvalue weighted by atomic mass is 10.2. The maximum absolute atomic E-state index is 5.70. The van der Waals surface area contributed by atoms with Crippen molar-refractivity contribution in [1.82, 2.24) is 19.9 Å². The first-order valence-corrected chi connectivity index (χ1v) is 6.78. The highest BCUT2D eigenvalue weighted by Gasteiger charge is 2.16. The summed E-state index contributed by atoms with van der Waals surface area (Å²) in [5, 5.41) is 0. The Kier molecular flexibility index (Phi) is 2.75. The number of hydrogen-bond acceptors (Lipinski definition) is 6. The van der Waals surface area contributed by atoms with E-state index in [1.165, 1.54) is 0 Å². The lowest BCUT2D eigenvalue weighted by Crippen LogP contribution is -1.93. The average Bonchev–Trinajstić information content (AvgIpc) is 2.94. The van der Waals surface area contributed by atoms with Crippen molar-refractivity contribution < 1.29 is 9.15 Å². The Morgan fingerprint density at radius 2 is 1.91 bits per heavy atom. The molecule has 0 unspecified atom stereocenters. The molecule has 0 amide bonds. The van der Waals surface area contributed by atoms with Crippen LogP contribution in [-0.2, 0) is 0 Å². The van der Waals surface area contributed by atoms with Crippen LogP contribution >= 0.6 is 0 Å². The van der Waals surface area contributed by atoms with Gasteiger partial charge in [0, 0.05) is 18.0 Å².